The monoisotopic (exact) mass is 453 g/mol. The van der Waals surface area contributed by atoms with Gasteiger partial charge in [0.05, 0.1) is 16.0 Å². The first-order valence-electron chi connectivity index (χ1n) is 10.2. The Kier molecular flexibility index (Phi) is 6.11. The van der Waals surface area contributed by atoms with Crippen molar-refractivity contribution in [3.63, 3.8) is 0 Å². The Labute approximate surface area is 190 Å². The van der Waals surface area contributed by atoms with Gasteiger partial charge in [-0.15, -0.1) is 11.3 Å². The number of phenolic OH excluding ortho intramolecular Hbond substituents is 1. The summed E-state index contributed by atoms with van der Waals surface area (Å²) in [5.74, 6) is -0.110. The number of hydrogen-bond donors (Lipinski definition) is 2. The Morgan fingerprint density at radius 1 is 1.06 bits per heavy atom. The van der Waals surface area contributed by atoms with E-state index >= 15 is 0 Å². The third kappa shape index (κ3) is 4.96. The molecular formula is C24H27N3O4S. The molecule has 1 amide bonds. The number of aromatic hydroxyl groups is 1. The number of nitrogens with zero attached hydrogens (tertiary/aromatic N) is 2. The highest BCUT2D eigenvalue weighted by Crippen LogP contribution is 2.39. The number of hydrazone groups is 1. The molecular weight excluding hydrogens is 426 g/mol. The predicted octanol–water partition coefficient (Wildman–Crippen LogP) is 5.87. The van der Waals surface area contributed by atoms with Gasteiger partial charge in [0.15, 0.2) is 0 Å². The molecule has 2 aromatic carbocycles. The molecule has 0 atom stereocenters. The number of phenols is 1. The molecule has 0 saturated carbocycles. The van der Waals surface area contributed by atoms with E-state index in [0.29, 0.717) is 10.3 Å². The highest BCUT2D eigenvalue weighted by atomic mass is 32.1. The maximum Gasteiger partial charge on any atom is 0.281 e. The number of carbonyl (C=O) groups excluding carboxylic acids is 1. The zero-order valence-electron chi connectivity index (χ0n) is 19.0. The lowest BCUT2D eigenvalue weighted by Gasteiger charge is -2.27. The Morgan fingerprint density at radius 3 is 2.19 bits per heavy atom. The molecule has 7 nitrogen and oxygen atoms in total. The van der Waals surface area contributed by atoms with Crippen molar-refractivity contribution in [2.75, 3.05) is 0 Å². The molecule has 0 bridgehead atoms. The molecule has 0 radical (unpaired) electrons. The zero-order chi connectivity index (χ0) is 23.8. The van der Waals surface area contributed by atoms with Crippen LogP contribution in [0.25, 0.3) is 10.1 Å². The van der Waals surface area contributed by atoms with Crippen LogP contribution in [0.15, 0.2) is 41.5 Å². The van der Waals surface area contributed by atoms with Gasteiger partial charge in [0.1, 0.15) is 5.75 Å². The van der Waals surface area contributed by atoms with E-state index in [-0.39, 0.29) is 22.3 Å². The lowest BCUT2D eigenvalue weighted by atomic mass is 9.78. The average molecular weight is 454 g/mol. The number of nitro benzene ring substituents is 1. The van der Waals surface area contributed by atoms with Crippen molar-refractivity contribution in [2.24, 2.45) is 5.10 Å². The van der Waals surface area contributed by atoms with E-state index in [1.54, 1.807) is 18.3 Å². The topological polar surface area (TPSA) is 105 Å². The van der Waals surface area contributed by atoms with Crippen molar-refractivity contribution in [2.45, 2.75) is 52.4 Å². The number of carbonyl (C=O) groups is 1. The molecule has 3 rings (SSSR count). The molecule has 0 saturated heterocycles. The third-order valence-corrected chi connectivity index (χ3v) is 6.18. The standard InChI is InChI=1S/C24H27N3O4S/c1-23(2,3)17-9-14(10-18(21(17)28)24(4,5)6)13-25-26-22(29)20-12-15-11-16(27(30)31)7-8-19(15)32-20/h7-13,28H,1-6H3,(H,26,29)/b25-13+. The Bertz CT molecular complexity index is 1200. The van der Waals surface area contributed by atoms with Gasteiger partial charge in [0.2, 0.25) is 0 Å². The third-order valence-electron chi connectivity index (χ3n) is 5.06. The van der Waals surface area contributed by atoms with Crippen LogP contribution < -0.4 is 5.43 Å². The summed E-state index contributed by atoms with van der Waals surface area (Å²) in [5, 5.41) is 26.5. The molecule has 1 aromatic heterocycles. The van der Waals surface area contributed by atoms with E-state index in [4.69, 9.17) is 0 Å². The number of amides is 1. The SMILES string of the molecule is CC(C)(C)c1cc(/C=N/NC(=O)c2cc3cc([N+](=O)[O-])ccc3s2)cc(C(C)(C)C)c1O. The average Bonchev–Trinajstić information content (AvgIpc) is 3.10. The minimum absolute atomic E-state index is 0.0167. The van der Waals surface area contributed by atoms with E-state index in [1.165, 1.54) is 23.5 Å². The molecule has 2 N–H and O–H groups in total. The minimum atomic E-state index is -0.462. The molecule has 0 aliphatic rings. The lowest BCUT2D eigenvalue weighted by Crippen LogP contribution is -2.18. The molecule has 168 valence electrons. The smallest absolute Gasteiger partial charge is 0.281 e. The predicted molar refractivity (Wildman–Crippen MR) is 129 cm³/mol. The second kappa shape index (κ2) is 8.35. The number of nitro groups is 1. The van der Waals surface area contributed by atoms with Gasteiger partial charge < -0.3 is 5.11 Å². The fourth-order valence-corrected chi connectivity index (χ4v) is 4.28. The van der Waals surface area contributed by atoms with E-state index in [2.05, 4.69) is 10.5 Å². The summed E-state index contributed by atoms with van der Waals surface area (Å²) in [4.78, 5) is 23.4. The molecule has 32 heavy (non-hydrogen) atoms. The zero-order valence-corrected chi connectivity index (χ0v) is 19.8. The van der Waals surface area contributed by atoms with Crippen molar-refractivity contribution in [3.8, 4) is 5.75 Å². The Balaban J connectivity index is 1.86. The number of non-ortho nitro benzene ring substituents is 1. The van der Waals surface area contributed by atoms with E-state index in [1.807, 2.05) is 53.7 Å². The van der Waals surface area contributed by atoms with E-state index < -0.39 is 10.8 Å². The number of nitrogens with one attached hydrogen (secondary N) is 1. The van der Waals surface area contributed by atoms with Crippen molar-refractivity contribution in [1.82, 2.24) is 5.43 Å². The van der Waals surface area contributed by atoms with Gasteiger partial charge in [-0.1, -0.05) is 41.5 Å². The number of hydrogen-bond acceptors (Lipinski definition) is 6. The highest BCUT2D eigenvalue weighted by Gasteiger charge is 2.26. The first-order chi connectivity index (χ1) is 14.8. The summed E-state index contributed by atoms with van der Waals surface area (Å²) in [7, 11) is 0. The van der Waals surface area contributed by atoms with Crippen molar-refractivity contribution < 1.29 is 14.8 Å². The second-order valence-corrected chi connectivity index (χ2v) is 10.8. The second-order valence-electron chi connectivity index (χ2n) is 9.75. The van der Waals surface area contributed by atoms with Crippen molar-refractivity contribution in [3.05, 3.63) is 68.1 Å². The first-order valence-corrected chi connectivity index (χ1v) is 11.0. The molecule has 8 heteroatoms. The van der Waals surface area contributed by atoms with Crippen LogP contribution in [-0.4, -0.2) is 22.2 Å². The number of thiophene rings is 1. The normalized spacial score (nSPS) is 12.4. The van der Waals surface area contributed by atoms with Crippen LogP contribution in [0, 0.1) is 10.1 Å². The maximum absolute atomic E-state index is 12.5. The van der Waals surface area contributed by atoms with E-state index in [0.717, 1.165) is 21.4 Å². The van der Waals surface area contributed by atoms with Gasteiger partial charge in [-0.25, -0.2) is 5.43 Å². The van der Waals surface area contributed by atoms with Crippen LogP contribution in [0.5, 0.6) is 5.75 Å². The van der Waals surface area contributed by atoms with Gasteiger partial charge in [-0.3, -0.25) is 14.9 Å². The van der Waals surface area contributed by atoms with Gasteiger partial charge in [0, 0.05) is 33.3 Å². The van der Waals surface area contributed by atoms with Crippen LogP contribution in [0.3, 0.4) is 0 Å². The van der Waals surface area contributed by atoms with Gasteiger partial charge >= 0.3 is 0 Å². The highest BCUT2D eigenvalue weighted by molar-refractivity contribution is 7.20. The summed E-state index contributed by atoms with van der Waals surface area (Å²) in [6.07, 6.45) is 1.56. The Morgan fingerprint density at radius 2 is 1.66 bits per heavy atom. The molecule has 3 aromatic rings. The van der Waals surface area contributed by atoms with Gasteiger partial charge in [-0.05, 0) is 40.7 Å². The van der Waals surface area contributed by atoms with Crippen LogP contribution in [0.2, 0.25) is 0 Å². The van der Waals surface area contributed by atoms with Crippen LogP contribution in [0.1, 0.15) is 67.9 Å². The van der Waals surface area contributed by atoms with Gasteiger partial charge in [0.25, 0.3) is 11.6 Å². The lowest BCUT2D eigenvalue weighted by molar-refractivity contribution is -0.384. The summed E-state index contributed by atoms with van der Waals surface area (Å²) in [6, 6.07) is 9.87. The summed E-state index contributed by atoms with van der Waals surface area (Å²) >= 11 is 1.24. The molecule has 1 heterocycles. The molecule has 0 fully saturated rings. The number of fused-ring (bicyclic) bond motifs is 1. The van der Waals surface area contributed by atoms with E-state index in [9.17, 15) is 20.0 Å². The quantitative estimate of drug-likeness (QED) is 0.293. The maximum atomic E-state index is 12.5. The fraction of sp³-hybridized carbons (Fsp3) is 0.333. The van der Waals surface area contributed by atoms with Crippen LogP contribution >= 0.6 is 11.3 Å². The molecule has 0 aliphatic carbocycles. The number of rotatable bonds is 4. The van der Waals surface area contributed by atoms with Gasteiger partial charge in [-0.2, -0.15) is 5.10 Å². The largest absolute Gasteiger partial charge is 0.507 e. The molecule has 0 spiro atoms. The summed E-state index contributed by atoms with van der Waals surface area (Å²) in [6.45, 7) is 12.2. The summed E-state index contributed by atoms with van der Waals surface area (Å²) in [5.41, 5.74) is 4.36. The van der Waals surface area contributed by atoms with Crippen LogP contribution in [-0.2, 0) is 10.8 Å². The molecule has 0 unspecified atom stereocenters. The van der Waals surface area contributed by atoms with Crippen LogP contribution in [0.4, 0.5) is 5.69 Å². The minimum Gasteiger partial charge on any atom is -0.507 e. The number of benzene rings is 2. The fourth-order valence-electron chi connectivity index (χ4n) is 3.35. The Hall–Kier alpha value is -3.26. The van der Waals surface area contributed by atoms with Crippen molar-refractivity contribution in [1.29, 1.82) is 0 Å². The first kappa shape index (κ1) is 23.4. The molecule has 0 aliphatic heterocycles. The van der Waals surface area contributed by atoms with Crippen molar-refractivity contribution >= 4 is 39.2 Å². The summed E-state index contributed by atoms with van der Waals surface area (Å²) < 4.78 is 0.785.